The number of hydrogen-bond acceptors (Lipinski definition) is 2. The molecule has 90 valence electrons. The summed E-state index contributed by atoms with van der Waals surface area (Å²) in [5.74, 6) is 0.833. The first kappa shape index (κ1) is 11.2. The summed E-state index contributed by atoms with van der Waals surface area (Å²) in [5, 5.41) is 4.37. The van der Waals surface area contributed by atoms with E-state index in [9.17, 15) is 0 Å². The summed E-state index contributed by atoms with van der Waals surface area (Å²) in [6, 6.07) is 2.67. The summed E-state index contributed by atoms with van der Waals surface area (Å²) in [7, 11) is 0. The minimum absolute atomic E-state index is 0.655. The predicted molar refractivity (Wildman–Crippen MR) is 71.0 cm³/mol. The van der Waals surface area contributed by atoms with Gasteiger partial charge in [0.25, 0.3) is 0 Å². The lowest BCUT2D eigenvalue weighted by Gasteiger charge is -2.36. The molecule has 0 unspecified atom stereocenters. The molecule has 0 amide bonds. The van der Waals surface area contributed by atoms with Gasteiger partial charge in [0.05, 0.1) is 5.02 Å². The van der Waals surface area contributed by atoms with Gasteiger partial charge < -0.3 is 5.32 Å². The quantitative estimate of drug-likeness (QED) is 0.825. The van der Waals surface area contributed by atoms with E-state index in [1.165, 1.54) is 36.9 Å². The SMILES string of the molecule is Clc1cncc(C2=CC[C@@H]3CCCN[C@@H]3C2)c1. The van der Waals surface area contributed by atoms with Crippen LogP contribution in [0.2, 0.25) is 5.02 Å². The van der Waals surface area contributed by atoms with Gasteiger partial charge in [0, 0.05) is 18.4 Å². The van der Waals surface area contributed by atoms with Crippen LogP contribution in [0.3, 0.4) is 0 Å². The van der Waals surface area contributed by atoms with Crippen molar-refractivity contribution in [1.82, 2.24) is 10.3 Å². The van der Waals surface area contributed by atoms with E-state index in [2.05, 4.69) is 16.4 Å². The third kappa shape index (κ3) is 2.38. The third-order valence-corrected chi connectivity index (χ3v) is 4.12. The molecule has 2 aliphatic rings. The number of aromatic nitrogens is 1. The Morgan fingerprint density at radius 2 is 2.29 bits per heavy atom. The summed E-state index contributed by atoms with van der Waals surface area (Å²) in [6.07, 6.45) is 11.0. The van der Waals surface area contributed by atoms with E-state index in [0.717, 1.165) is 17.4 Å². The standard InChI is InChI=1S/C14H17ClN2/c15-13-6-12(8-16-9-13)11-4-3-10-2-1-5-17-14(10)7-11/h4,6,8-10,14,17H,1-3,5,7H2/t10-,14+/m0/s1. The Morgan fingerprint density at radius 1 is 1.35 bits per heavy atom. The van der Waals surface area contributed by atoms with Gasteiger partial charge in [-0.3, -0.25) is 4.98 Å². The fraction of sp³-hybridized carbons (Fsp3) is 0.500. The van der Waals surface area contributed by atoms with Crippen LogP contribution in [0, 0.1) is 5.92 Å². The summed E-state index contributed by atoms with van der Waals surface area (Å²) in [4.78, 5) is 4.17. The average Bonchev–Trinajstić information content (AvgIpc) is 2.38. The number of pyridine rings is 1. The smallest absolute Gasteiger partial charge is 0.0595 e. The van der Waals surface area contributed by atoms with Crippen molar-refractivity contribution >= 4 is 17.2 Å². The zero-order valence-corrected chi connectivity index (χ0v) is 10.6. The Hall–Kier alpha value is -0.860. The second-order valence-corrected chi connectivity index (χ2v) is 5.46. The Kier molecular flexibility index (Phi) is 3.17. The van der Waals surface area contributed by atoms with Crippen LogP contribution in [-0.2, 0) is 0 Å². The molecule has 1 N–H and O–H groups in total. The molecule has 0 aromatic carbocycles. The number of nitrogens with one attached hydrogen (secondary N) is 1. The summed E-state index contributed by atoms with van der Waals surface area (Å²) >= 11 is 6.00. The molecule has 1 saturated heterocycles. The normalized spacial score (nSPS) is 28.4. The van der Waals surface area contributed by atoms with Gasteiger partial charge in [-0.2, -0.15) is 0 Å². The molecule has 1 aliphatic heterocycles. The van der Waals surface area contributed by atoms with Gasteiger partial charge in [0.15, 0.2) is 0 Å². The maximum Gasteiger partial charge on any atom is 0.0595 e. The van der Waals surface area contributed by atoms with Gasteiger partial charge in [0.2, 0.25) is 0 Å². The molecule has 0 bridgehead atoms. The van der Waals surface area contributed by atoms with Crippen LogP contribution in [0.15, 0.2) is 24.5 Å². The van der Waals surface area contributed by atoms with Crippen LogP contribution < -0.4 is 5.32 Å². The van der Waals surface area contributed by atoms with E-state index >= 15 is 0 Å². The molecule has 1 aromatic heterocycles. The van der Waals surface area contributed by atoms with Gasteiger partial charge in [-0.25, -0.2) is 0 Å². The highest BCUT2D eigenvalue weighted by Gasteiger charge is 2.28. The molecule has 3 rings (SSSR count). The lowest BCUT2D eigenvalue weighted by Crippen LogP contribution is -2.42. The molecule has 3 heteroatoms. The molecule has 1 aromatic rings. The minimum atomic E-state index is 0.655. The van der Waals surface area contributed by atoms with E-state index in [-0.39, 0.29) is 0 Å². The average molecular weight is 249 g/mol. The Balaban J connectivity index is 1.82. The number of hydrogen-bond donors (Lipinski definition) is 1. The van der Waals surface area contributed by atoms with Crippen molar-refractivity contribution in [2.75, 3.05) is 6.54 Å². The van der Waals surface area contributed by atoms with E-state index in [1.807, 2.05) is 12.3 Å². The predicted octanol–water partition coefficient (Wildman–Crippen LogP) is 3.28. The lowest BCUT2D eigenvalue weighted by molar-refractivity contribution is 0.278. The fourth-order valence-electron chi connectivity index (χ4n) is 2.98. The zero-order chi connectivity index (χ0) is 11.7. The van der Waals surface area contributed by atoms with Crippen molar-refractivity contribution in [1.29, 1.82) is 0 Å². The third-order valence-electron chi connectivity index (χ3n) is 3.91. The first-order valence-corrected chi connectivity index (χ1v) is 6.74. The number of halogens is 1. The summed E-state index contributed by atoms with van der Waals surface area (Å²) < 4.78 is 0. The molecule has 2 heterocycles. The highest BCUT2D eigenvalue weighted by Crippen LogP contribution is 2.34. The first-order valence-electron chi connectivity index (χ1n) is 6.36. The van der Waals surface area contributed by atoms with Gasteiger partial charge in [-0.1, -0.05) is 17.7 Å². The number of allylic oxidation sites excluding steroid dienone is 1. The first-order chi connectivity index (χ1) is 8.33. The van der Waals surface area contributed by atoms with Crippen molar-refractivity contribution in [3.63, 3.8) is 0 Å². The molecule has 1 fully saturated rings. The van der Waals surface area contributed by atoms with Crippen molar-refractivity contribution in [3.05, 3.63) is 35.1 Å². The summed E-state index contributed by atoms with van der Waals surface area (Å²) in [5.41, 5.74) is 2.58. The van der Waals surface area contributed by atoms with Crippen LogP contribution in [0.4, 0.5) is 0 Å². The molecule has 1 aliphatic carbocycles. The Bertz CT molecular complexity index is 442. The number of fused-ring (bicyclic) bond motifs is 1. The van der Waals surface area contributed by atoms with Gasteiger partial charge in [-0.15, -0.1) is 0 Å². The van der Waals surface area contributed by atoms with Crippen LogP contribution in [0.25, 0.3) is 5.57 Å². The molecule has 0 spiro atoms. The maximum atomic E-state index is 6.00. The lowest BCUT2D eigenvalue weighted by atomic mass is 9.78. The highest BCUT2D eigenvalue weighted by molar-refractivity contribution is 6.30. The van der Waals surface area contributed by atoms with Crippen LogP contribution in [0.5, 0.6) is 0 Å². The van der Waals surface area contributed by atoms with E-state index in [0.29, 0.717) is 6.04 Å². The monoisotopic (exact) mass is 248 g/mol. The Morgan fingerprint density at radius 3 is 3.18 bits per heavy atom. The maximum absolute atomic E-state index is 6.00. The second kappa shape index (κ2) is 4.79. The van der Waals surface area contributed by atoms with Crippen molar-refractivity contribution in [2.24, 2.45) is 5.92 Å². The zero-order valence-electron chi connectivity index (χ0n) is 9.82. The number of nitrogens with zero attached hydrogens (tertiary/aromatic N) is 1. The second-order valence-electron chi connectivity index (χ2n) is 5.02. The van der Waals surface area contributed by atoms with Crippen molar-refractivity contribution < 1.29 is 0 Å². The van der Waals surface area contributed by atoms with Crippen LogP contribution in [-0.4, -0.2) is 17.6 Å². The number of piperidine rings is 1. The van der Waals surface area contributed by atoms with Gasteiger partial charge in [-0.05, 0) is 55.3 Å². The van der Waals surface area contributed by atoms with Crippen molar-refractivity contribution in [3.8, 4) is 0 Å². The van der Waals surface area contributed by atoms with E-state index in [1.54, 1.807) is 6.20 Å². The number of rotatable bonds is 1. The fourth-order valence-corrected chi connectivity index (χ4v) is 3.15. The molecular formula is C14H17ClN2. The Labute approximate surface area is 107 Å². The highest BCUT2D eigenvalue weighted by atomic mass is 35.5. The van der Waals surface area contributed by atoms with Crippen molar-refractivity contribution in [2.45, 2.75) is 31.7 Å². The van der Waals surface area contributed by atoms with E-state index in [4.69, 9.17) is 11.6 Å². The largest absolute Gasteiger partial charge is 0.313 e. The molecule has 2 atom stereocenters. The van der Waals surface area contributed by atoms with Gasteiger partial charge >= 0.3 is 0 Å². The van der Waals surface area contributed by atoms with Crippen LogP contribution >= 0.6 is 11.6 Å². The van der Waals surface area contributed by atoms with Gasteiger partial charge in [0.1, 0.15) is 0 Å². The van der Waals surface area contributed by atoms with E-state index < -0.39 is 0 Å². The van der Waals surface area contributed by atoms with Crippen LogP contribution in [0.1, 0.15) is 31.2 Å². The molecule has 0 saturated carbocycles. The summed E-state index contributed by atoms with van der Waals surface area (Å²) in [6.45, 7) is 1.17. The molecule has 17 heavy (non-hydrogen) atoms. The topological polar surface area (TPSA) is 24.9 Å². The minimum Gasteiger partial charge on any atom is -0.313 e. The molecule has 2 nitrogen and oxygen atoms in total. The molecule has 0 radical (unpaired) electrons. The molecular weight excluding hydrogens is 232 g/mol.